The fourth-order valence-corrected chi connectivity index (χ4v) is 5.14. The number of hydrogen-bond donors (Lipinski definition) is 0. The highest BCUT2D eigenvalue weighted by atomic mass is 79.9. The van der Waals surface area contributed by atoms with E-state index in [9.17, 15) is 13.2 Å². The lowest BCUT2D eigenvalue weighted by atomic mass is 10.2. The third kappa shape index (κ3) is 4.11. The quantitative estimate of drug-likeness (QED) is 0.500. The Morgan fingerprint density at radius 3 is 2.46 bits per heavy atom. The number of piperidine rings is 1. The summed E-state index contributed by atoms with van der Waals surface area (Å²) in [5.74, 6) is -0.295. The van der Waals surface area contributed by atoms with E-state index in [4.69, 9.17) is 16.3 Å². The molecule has 5 nitrogen and oxygen atoms in total. The van der Waals surface area contributed by atoms with Crippen molar-refractivity contribution < 1.29 is 17.9 Å². The molecule has 0 atom stereocenters. The van der Waals surface area contributed by atoms with Gasteiger partial charge in [0.05, 0.1) is 15.1 Å². The van der Waals surface area contributed by atoms with Gasteiger partial charge in [-0.3, -0.25) is 0 Å². The third-order valence-corrected chi connectivity index (χ3v) is 7.17. The minimum Gasteiger partial charge on any atom is -0.422 e. The van der Waals surface area contributed by atoms with Gasteiger partial charge in [-0.1, -0.05) is 30.2 Å². The van der Waals surface area contributed by atoms with E-state index >= 15 is 0 Å². The Morgan fingerprint density at radius 1 is 1.08 bits per heavy atom. The van der Waals surface area contributed by atoms with E-state index in [-0.39, 0.29) is 15.5 Å². The van der Waals surface area contributed by atoms with Gasteiger partial charge in [-0.05, 0) is 59.1 Å². The number of esters is 1. The normalized spacial score (nSPS) is 15.6. The Morgan fingerprint density at radius 2 is 1.77 bits per heavy atom. The Balaban J connectivity index is 1.90. The van der Waals surface area contributed by atoms with Crippen LogP contribution in [-0.4, -0.2) is 31.8 Å². The Hall–Kier alpha value is -1.41. The smallest absolute Gasteiger partial charge is 0.343 e. The molecule has 0 aromatic heterocycles. The first kappa shape index (κ1) is 19.4. The van der Waals surface area contributed by atoms with Crippen LogP contribution in [0.4, 0.5) is 0 Å². The topological polar surface area (TPSA) is 63.7 Å². The number of ether oxygens (including phenoxy) is 1. The summed E-state index contributed by atoms with van der Waals surface area (Å²) in [6, 6.07) is 11.1. The van der Waals surface area contributed by atoms with Crippen LogP contribution in [0.2, 0.25) is 5.02 Å². The lowest BCUT2D eigenvalue weighted by molar-refractivity contribution is 0.0733. The maximum atomic E-state index is 12.9. The van der Waals surface area contributed by atoms with Crippen LogP contribution < -0.4 is 4.74 Å². The van der Waals surface area contributed by atoms with Crippen molar-refractivity contribution in [3.05, 3.63) is 57.5 Å². The van der Waals surface area contributed by atoms with Crippen LogP contribution in [0.15, 0.2) is 51.8 Å². The van der Waals surface area contributed by atoms with Crippen molar-refractivity contribution >= 4 is 43.5 Å². The fourth-order valence-electron chi connectivity index (χ4n) is 2.76. The van der Waals surface area contributed by atoms with Crippen molar-refractivity contribution in [2.45, 2.75) is 24.2 Å². The summed E-state index contributed by atoms with van der Waals surface area (Å²) in [5.41, 5.74) is 0.126. The zero-order chi connectivity index (χ0) is 18.7. The molecule has 0 bridgehead atoms. The summed E-state index contributed by atoms with van der Waals surface area (Å²) in [7, 11) is -3.75. The lowest BCUT2D eigenvalue weighted by Crippen LogP contribution is -2.35. The number of para-hydroxylation sites is 1. The summed E-state index contributed by atoms with van der Waals surface area (Å²) in [6.45, 7) is 0.925. The molecule has 1 heterocycles. The summed E-state index contributed by atoms with van der Waals surface area (Å²) in [6.07, 6.45) is 2.65. The molecular weight excluding hydrogens is 442 g/mol. The van der Waals surface area contributed by atoms with E-state index in [1.54, 1.807) is 24.3 Å². The molecule has 0 aliphatic carbocycles. The van der Waals surface area contributed by atoms with Crippen LogP contribution >= 0.6 is 27.5 Å². The average molecular weight is 459 g/mol. The van der Waals surface area contributed by atoms with Crippen LogP contribution in [0.3, 0.4) is 0 Å². The summed E-state index contributed by atoms with van der Waals surface area (Å²) in [5, 5.41) is 0.0908. The minimum atomic E-state index is -3.75. The van der Waals surface area contributed by atoms with Crippen LogP contribution in [0.25, 0.3) is 0 Å². The standard InChI is InChI=1S/C18H17BrClNO4S/c19-14-6-2-3-7-16(14)25-18(22)13-8-9-15(20)17(12-13)26(23,24)21-10-4-1-5-11-21/h2-3,6-9,12H,1,4-5,10-11H2. The van der Waals surface area contributed by atoms with E-state index in [0.29, 0.717) is 23.3 Å². The molecule has 1 saturated heterocycles. The third-order valence-electron chi connectivity index (χ3n) is 4.14. The van der Waals surface area contributed by atoms with Gasteiger partial charge in [0.2, 0.25) is 10.0 Å². The predicted octanol–water partition coefficient (Wildman–Crippen LogP) is 4.50. The highest BCUT2D eigenvalue weighted by Gasteiger charge is 2.29. The number of benzene rings is 2. The van der Waals surface area contributed by atoms with Gasteiger partial charge < -0.3 is 4.74 Å². The van der Waals surface area contributed by atoms with Gasteiger partial charge in [0.15, 0.2) is 0 Å². The molecule has 2 aromatic rings. The number of nitrogens with zero attached hydrogens (tertiary/aromatic N) is 1. The Kier molecular flexibility index (Phi) is 6.02. The second-order valence-electron chi connectivity index (χ2n) is 5.93. The van der Waals surface area contributed by atoms with Gasteiger partial charge in [0, 0.05) is 13.1 Å². The molecule has 0 radical (unpaired) electrons. The SMILES string of the molecule is O=C(Oc1ccccc1Br)c1ccc(Cl)c(S(=O)(=O)N2CCCCC2)c1. The maximum Gasteiger partial charge on any atom is 0.343 e. The van der Waals surface area contributed by atoms with Gasteiger partial charge in [-0.25, -0.2) is 13.2 Å². The summed E-state index contributed by atoms with van der Waals surface area (Å²) < 4.78 is 33.1. The average Bonchev–Trinajstić information content (AvgIpc) is 2.64. The number of carbonyl (C=O) groups excluding carboxylic acids is 1. The summed E-state index contributed by atoms with van der Waals surface area (Å²) >= 11 is 9.43. The molecule has 8 heteroatoms. The second-order valence-corrected chi connectivity index (χ2v) is 9.10. The van der Waals surface area contributed by atoms with Crippen molar-refractivity contribution in [1.29, 1.82) is 0 Å². The minimum absolute atomic E-state index is 0.0670. The molecule has 1 aliphatic heterocycles. The van der Waals surface area contributed by atoms with E-state index in [0.717, 1.165) is 19.3 Å². The molecular formula is C18H17BrClNO4S. The second kappa shape index (κ2) is 8.08. The van der Waals surface area contributed by atoms with Crippen molar-refractivity contribution in [2.75, 3.05) is 13.1 Å². The monoisotopic (exact) mass is 457 g/mol. The molecule has 0 unspecified atom stereocenters. The predicted molar refractivity (Wildman–Crippen MR) is 103 cm³/mol. The Bertz CT molecular complexity index is 927. The number of hydrogen-bond acceptors (Lipinski definition) is 4. The van der Waals surface area contributed by atoms with Gasteiger partial charge >= 0.3 is 5.97 Å². The van der Waals surface area contributed by atoms with Crippen LogP contribution in [0.1, 0.15) is 29.6 Å². The van der Waals surface area contributed by atoms with E-state index in [1.807, 2.05) is 0 Å². The molecule has 26 heavy (non-hydrogen) atoms. The highest BCUT2D eigenvalue weighted by Crippen LogP contribution is 2.29. The van der Waals surface area contributed by atoms with E-state index in [1.165, 1.54) is 22.5 Å². The number of halogens is 2. The van der Waals surface area contributed by atoms with E-state index in [2.05, 4.69) is 15.9 Å². The largest absolute Gasteiger partial charge is 0.422 e. The molecule has 0 amide bonds. The molecule has 0 spiro atoms. The molecule has 0 saturated carbocycles. The van der Waals surface area contributed by atoms with Gasteiger partial charge in [-0.2, -0.15) is 4.31 Å². The first-order valence-corrected chi connectivity index (χ1v) is 10.8. The fraction of sp³-hybridized carbons (Fsp3) is 0.278. The number of carbonyl (C=O) groups is 1. The van der Waals surface area contributed by atoms with Crippen LogP contribution in [-0.2, 0) is 10.0 Å². The van der Waals surface area contributed by atoms with E-state index < -0.39 is 16.0 Å². The van der Waals surface area contributed by atoms with Gasteiger partial charge in [-0.15, -0.1) is 0 Å². The first-order valence-electron chi connectivity index (χ1n) is 8.16. The van der Waals surface area contributed by atoms with Crippen molar-refractivity contribution in [1.82, 2.24) is 4.31 Å². The molecule has 138 valence electrons. The maximum absolute atomic E-state index is 12.9. The van der Waals surface area contributed by atoms with Crippen LogP contribution in [0, 0.1) is 0 Å². The van der Waals surface area contributed by atoms with Crippen molar-refractivity contribution in [3.8, 4) is 5.75 Å². The zero-order valence-electron chi connectivity index (χ0n) is 13.8. The molecule has 2 aromatic carbocycles. The first-order chi connectivity index (χ1) is 12.4. The van der Waals surface area contributed by atoms with Crippen LogP contribution in [0.5, 0.6) is 5.75 Å². The highest BCUT2D eigenvalue weighted by molar-refractivity contribution is 9.10. The molecule has 1 aliphatic rings. The van der Waals surface area contributed by atoms with Crippen molar-refractivity contribution in [2.24, 2.45) is 0 Å². The zero-order valence-corrected chi connectivity index (χ0v) is 17.0. The van der Waals surface area contributed by atoms with Crippen molar-refractivity contribution in [3.63, 3.8) is 0 Å². The lowest BCUT2D eigenvalue weighted by Gasteiger charge is -2.26. The molecule has 1 fully saturated rings. The number of rotatable bonds is 4. The molecule has 3 rings (SSSR count). The summed E-state index contributed by atoms with van der Waals surface area (Å²) in [4.78, 5) is 12.4. The molecule has 0 N–H and O–H groups in total. The van der Waals surface area contributed by atoms with Gasteiger partial charge in [0.1, 0.15) is 10.6 Å². The Labute approximate surface area is 166 Å². The van der Waals surface area contributed by atoms with Gasteiger partial charge in [0.25, 0.3) is 0 Å². The number of sulfonamides is 1.